The number of hydrogen-bond donors (Lipinski definition) is 0. The van der Waals surface area contributed by atoms with Crippen molar-refractivity contribution in [3.8, 4) is 0 Å². The first-order valence-electron chi connectivity index (χ1n) is 18.8. The van der Waals surface area contributed by atoms with Crippen molar-refractivity contribution in [2.24, 2.45) is 0 Å². The van der Waals surface area contributed by atoms with Crippen molar-refractivity contribution in [2.45, 2.75) is 71.3 Å². The van der Waals surface area contributed by atoms with E-state index in [9.17, 15) is 0 Å². The largest absolute Gasteiger partial charge is 0.331 e. The smallest absolute Gasteiger partial charge is 0.0697 e. The van der Waals surface area contributed by atoms with Gasteiger partial charge in [-0.3, -0.25) is 0 Å². The summed E-state index contributed by atoms with van der Waals surface area (Å²) in [5, 5.41) is 4.94. The fourth-order valence-corrected chi connectivity index (χ4v) is 7.99. The second kappa shape index (κ2) is 14.5. The molecule has 0 unspecified atom stereocenters. The zero-order valence-corrected chi connectivity index (χ0v) is 30.8. The van der Waals surface area contributed by atoms with Gasteiger partial charge in [-0.15, -0.1) is 0 Å². The number of nitrogens with zero attached hydrogens (tertiary/aromatic N) is 2. The molecule has 0 amide bonds. The van der Waals surface area contributed by atoms with Crippen LogP contribution in [-0.4, -0.2) is 0 Å². The summed E-state index contributed by atoms with van der Waals surface area (Å²) in [5.74, 6) is 0. The van der Waals surface area contributed by atoms with E-state index < -0.39 is 0 Å². The minimum atomic E-state index is -0.230. The summed E-state index contributed by atoms with van der Waals surface area (Å²) < 4.78 is 0. The highest BCUT2D eigenvalue weighted by atomic mass is 15.2. The molecule has 0 atom stereocenters. The fraction of sp³-hybridized carbons (Fsp3) is 0.224. The molecule has 0 fully saturated rings. The molecule has 0 bridgehead atoms. The van der Waals surface area contributed by atoms with E-state index in [1.807, 2.05) is 0 Å². The highest BCUT2D eigenvalue weighted by molar-refractivity contribution is 5.92. The van der Waals surface area contributed by atoms with Crippen molar-refractivity contribution < 1.29 is 0 Å². The number of para-hydroxylation sites is 1. The van der Waals surface area contributed by atoms with E-state index in [1.54, 1.807) is 0 Å². The third-order valence-electron chi connectivity index (χ3n) is 11.6. The molecule has 0 saturated heterocycles. The summed E-state index contributed by atoms with van der Waals surface area (Å²) in [6, 6.07) is 60.5. The Morgan fingerprint density at radius 3 is 1.27 bits per heavy atom. The maximum Gasteiger partial charge on any atom is 0.0697 e. The fourth-order valence-electron chi connectivity index (χ4n) is 7.99. The molecule has 0 N–H and O–H groups in total. The van der Waals surface area contributed by atoms with Crippen molar-refractivity contribution in [3.05, 3.63) is 175 Å². The quantitative estimate of drug-likeness (QED) is 0.128. The Morgan fingerprint density at radius 1 is 0.373 bits per heavy atom. The normalized spacial score (nSPS) is 11.9. The molecule has 7 rings (SSSR count). The van der Waals surface area contributed by atoms with Crippen LogP contribution in [0.1, 0.15) is 71.4 Å². The molecule has 2 nitrogen and oxygen atoms in total. The molecule has 0 spiro atoms. The summed E-state index contributed by atoms with van der Waals surface area (Å²) in [5.41, 5.74) is 8.52. The summed E-state index contributed by atoms with van der Waals surface area (Å²) in [7, 11) is 0. The van der Waals surface area contributed by atoms with Gasteiger partial charge in [0.15, 0.2) is 0 Å². The van der Waals surface area contributed by atoms with Gasteiger partial charge in [0.05, 0.1) is 5.54 Å². The van der Waals surface area contributed by atoms with Crippen LogP contribution in [0.2, 0.25) is 0 Å². The van der Waals surface area contributed by atoms with E-state index in [0.717, 1.165) is 42.7 Å². The number of rotatable bonds is 12. The number of fused-ring (bicyclic) bond motifs is 2. The minimum absolute atomic E-state index is 0.191. The average Bonchev–Trinajstić information content (AvgIpc) is 3.20. The van der Waals surface area contributed by atoms with E-state index in [0.29, 0.717) is 0 Å². The lowest BCUT2D eigenvalue weighted by Crippen LogP contribution is -2.42. The van der Waals surface area contributed by atoms with Crippen molar-refractivity contribution in [3.63, 3.8) is 0 Å². The molecule has 256 valence electrons. The van der Waals surface area contributed by atoms with Crippen LogP contribution in [0.3, 0.4) is 0 Å². The molecule has 0 aromatic heterocycles. The SMILES string of the molecule is CCC(C)(CC)c1ccc(C(CC)(CC)N(c2ccccc2)c2ccc(N(c3ccc4ccccc4c3)c3ccc4ccccc4c3)cc2)cc1. The molecule has 0 saturated carbocycles. The highest BCUT2D eigenvalue weighted by Crippen LogP contribution is 2.46. The highest BCUT2D eigenvalue weighted by Gasteiger charge is 2.37. The molecular formula is C49H50N2. The summed E-state index contributed by atoms with van der Waals surface area (Å²) >= 11 is 0. The Bertz CT molecular complexity index is 2130. The second-order valence-corrected chi connectivity index (χ2v) is 14.2. The predicted molar refractivity (Wildman–Crippen MR) is 221 cm³/mol. The van der Waals surface area contributed by atoms with Gasteiger partial charge < -0.3 is 9.80 Å². The van der Waals surface area contributed by atoms with Gasteiger partial charge in [0.25, 0.3) is 0 Å². The van der Waals surface area contributed by atoms with Crippen LogP contribution >= 0.6 is 0 Å². The van der Waals surface area contributed by atoms with E-state index in [2.05, 4.69) is 208 Å². The lowest BCUT2D eigenvalue weighted by atomic mass is 9.76. The Morgan fingerprint density at radius 2 is 0.784 bits per heavy atom. The minimum Gasteiger partial charge on any atom is -0.331 e. The zero-order chi connectivity index (χ0) is 35.4. The van der Waals surface area contributed by atoms with Crippen LogP contribution in [0.5, 0.6) is 0 Å². The van der Waals surface area contributed by atoms with E-state index >= 15 is 0 Å². The van der Waals surface area contributed by atoms with Crippen LogP contribution < -0.4 is 9.80 Å². The molecule has 0 radical (unpaired) electrons. The number of benzene rings is 7. The molecule has 2 heteroatoms. The first-order valence-corrected chi connectivity index (χ1v) is 18.8. The van der Waals surface area contributed by atoms with Gasteiger partial charge in [-0.1, -0.05) is 138 Å². The van der Waals surface area contributed by atoms with E-state index in [4.69, 9.17) is 0 Å². The third-order valence-corrected chi connectivity index (χ3v) is 11.6. The van der Waals surface area contributed by atoms with Crippen LogP contribution in [-0.2, 0) is 11.0 Å². The second-order valence-electron chi connectivity index (χ2n) is 14.2. The maximum absolute atomic E-state index is 2.58. The molecule has 0 heterocycles. The number of anilines is 5. The maximum atomic E-state index is 2.58. The van der Waals surface area contributed by atoms with Crippen molar-refractivity contribution in [1.82, 2.24) is 0 Å². The summed E-state index contributed by atoms with van der Waals surface area (Å²) in [6.07, 6.45) is 4.21. The van der Waals surface area contributed by atoms with E-state index in [-0.39, 0.29) is 11.0 Å². The first kappa shape index (κ1) is 34.1. The topological polar surface area (TPSA) is 6.48 Å². The molecule has 51 heavy (non-hydrogen) atoms. The van der Waals surface area contributed by atoms with Crippen LogP contribution in [0, 0.1) is 0 Å². The molecule has 0 aliphatic heterocycles. The molecule has 7 aromatic rings. The zero-order valence-electron chi connectivity index (χ0n) is 30.8. The van der Waals surface area contributed by atoms with Gasteiger partial charge in [0.2, 0.25) is 0 Å². The Kier molecular flexibility index (Phi) is 9.69. The molecule has 0 aliphatic carbocycles. The van der Waals surface area contributed by atoms with Crippen LogP contribution in [0.4, 0.5) is 28.4 Å². The Balaban J connectivity index is 1.35. The average molecular weight is 667 g/mol. The Labute approximate surface area is 305 Å². The van der Waals surface area contributed by atoms with Gasteiger partial charge in [-0.05, 0) is 124 Å². The first-order chi connectivity index (χ1) is 24.9. The van der Waals surface area contributed by atoms with Gasteiger partial charge in [0, 0.05) is 28.4 Å². The predicted octanol–water partition coefficient (Wildman–Crippen LogP) is 14.4. The van der Waals surface area contributed by atoms with Gasteiger partial charge in [-0.2, -0.15) is 0 Å². The monoisotopic (exact) mass is 666 g/mol. The summed E-state index contributed by atoms with van der Waals surface area (Å²) in [4.78, 5) is 4.97. The van der Waals surface area contributed by atoms with Crippen LogP contribution in [0.15, 0.2) is 164 Å². The van der Waals surface area contributed by atoms with Gasteiger partial charge >= 0.3 is 0 Å². The van der Waals surface area contributed by atoms with Crippen LogP contribution in [0.25, 0.3) is 21.5 Å². The lowest BCUT2D eigenvalue weighted by molar-refractivity contribution is 0.402. The molecular weight excluding hydrogens is 617 g/mol. The third kappa shape index (κ3) is 6.40. The number of hydrogen-bond acceptors (Lipinski definition) is 2. The molecule has 7 aromatic carbocycles. The molecule has 0 aliphatic rings. The Hall–Kier alpha value is -5.34. The van der Waals surface area contributed by atoms with Gasteiger partial charge in [0.1, 0.15) is 0 Å². The van der Waals surface area contributed by atoms with Crippen molar-refractivity contribution >= 4 is 50.0 Å². The van der Waals surface area contributed by atoms with Gasteiger partial charge in [-0.25, -0.2) is 0 Å². The lowest BCUT2D eigenvalue weighted by Gasteiger charge is -2.46. The van der Waals surface area contributed by atoms with E-state index in [1.165, 1.54) is 44.0 Å². The van der Waals surface area contributed by atoms with Crippen molar-refractivity contribution in [1.29, 1.82) is 0 Å². The van der Waals surface area contributed by atoms with Crippen molar-refractivity contribution in [2.75, 3.05) is 9.80 Å². The summed E-state index contributed by atoms with van der Waals surface area (Å²) in [6.45, 7) is 11.7. The standard InChI is InChI=1S/C49H50N2/c1-6-48(5,7-2)41-25-27-42(28-26-41)49(8-3,9-4)51(44-21-11-10-12-22-44)45-33-31-43(32-34-45)50(46-29-23-37-17-13-15-19-39(37)35-46)47-30-24-38-18-14-16-20-40(38)36-47/h10-36H,6-9H2,1-5H3.